The van der Waals surface area contributed by atoms with E-state index in [0.29, 0.717) is 5.56 Å². The topological polar surface area (TPSA) is 44.9 Å². The first-order valence-corrected chi connectivity index (χ1v) is 3.31. The van der Waals surface area contributed by atoms with Crippen molar-refractivity contribution in [1.82, 2.24) is 4.98 Å². The Morgan fingerprint density at radius 1 is 1.73 bits per heavy atom. The maximum absolute atomic E-state index is 11.1. The lowest BCUT2D eigenvalue weighted by Gasteiger charge is -2.01. The van der Waals surface area contributed by atoms with Gasteiger partial charge in [-0.15, -0.1) is 0 Å². The Labute approximate surface area is 64.8 Å². The standard InChI is InChI=1S/C8H10N2O/c1-3-6-7(9-2)4-5-10-8(6)11/h3-5H,1H2,2H3,(H2,9,10,11). The molecular formula is C8H10N2O. The monoisotopic (exact) mass is 150 g/mol. The summed E-state index contributed by atoms with van der Waals surface area (Å²) >= 11 is 0. The first-order chi connectivity index (χ1) is 5.29. The van der Waals surface area contributed by atoms with Gasteiger partial charge >= 0.3 is 0 Å². The fourth-order valence-electron chi connectivity index (χ4n) is 0.911. The van der Waals surface area contributed by atoms with Crippen LogP contribution >= 0.6 is 0 Å². The van der Waals surface area contributed by atoms with E-state index in [4.69, 9.17) is 0 Å². The lowest BCUT2D eigenvalue weighted by molar-refractivity contribution is 1.22. The van der Waals surface area contributed by atoms with Crippen LogP contribution in [0.2, 0.25) is 0 Å². The number of nitrogens with one attached hydrogen (secondary N) is 2. The van der Waals surface area contributed by atoms with E-state index in [-0.39, 0.29) is 5.56 Å². The molecule has 0 aliphatic rings. The van der Waals surface area contributed by atoms with Crippen molar-refractivity contribution in [2.24, 2.45) is 0 Å². The van der Waals surface area contributed by atoms with Crippen molar-refractivity contribution in [2.75, 3.05) is 12.4 Å². The highest BCUT2D eigenvalue weighted by Crippen LogP contribution is 2.08. The van der Waals surface area contributed by atoms with E-state index >= 15 is 0 Å². The summed E-state index contributed by atoms with van der Waals surface area (Å²) in [6.07, 6.45) is 3.13. The minimum atomic E-state index is -0.119. The second-order valence-corrected chi connectivity index (χ2v) is 2.09. The first-order valence-electron chi connectivity index (χ1n) is 3.31. The highest BCUT2D eigenvalue weighted by molar-refractivity contribution is 5.63. The molecule has 3 nitrogen and oxygen atoms in total. The fourth-order valence-corrected chi connectivity index (χ4v) is 0.911. The van der Waals surface area contributed by atoms with Gasteiger partial charge in [0.2, 0.25) is 0 Å². The molecule has 1 aromatic rings. The third-order valence-corrected chi connectivity index (χ3v) is 1.47. The first kappa shape index (κ1) is 7.60. The quantitative estimate of drug-likeness (QED) is 0.662. The summed E-state index contributed by atoms with van der Waals surface area (Å²) in [5.41, 5.74) is 1.26. The lowest BCUT2D eigenvalue weighted by atomic mass is 10.2. The molecule has 58 valence electrons. The van der Waals surface area contributed by atoms with Gasteiger partial charge in [0, 0.05) is 18.9 Å². The summed E-state index contributed by atoms with van der Waals surface area (Å²) in [7, 11) is 1.77. The minimum absolute atomic E-state index is 0.119. The molecule has 0 spiro atoms. The van der Waals surface area contributed by atoms with Gasteiger partial charge in [-0.25, -0.2) is 0 Å². The maximum atomic E-state index is 11.1. The molecule has 0 atom stereocenters. The minimum Gasteiger partial charge on any atom is -0.387 e. The van der Waals surface area contributed by atoms with Crippen molar-refractivity contribution < 1.29 is 0 Å². The molecule has 0 bridgehead atoms. The number of anilines is 1. The van der Waals surface area contributed by atoms with Crippen LogP contribution in [0.15, 0.2) is 23.6 Å². The van der Waals surface area contributed by atoms with Gasteiger partial charge in [-0.2, -0.15) is 0 Å². The second-order valence-electron chi connectivity index (χ2n) is 2.09. The van der Waals surface area contributed by atoms with E-state index in [1.54, 1.807) is 19.3 Å². The molecule has 0 fully saturated rings. The SMILES string of the molecule is C=Cc1c(NC)cc[nH]c1=O. The zero-order chi connectivity index (χ0) is 8.27. The van der Waals surface area contributed by atoms with Gasteiger partial charge < -0.3 is 10.3 Å². The van der Waals surface area contributed by atoms with Crippen LogP contribution in [0.5, 0.6) is 0 Å². The molecule has 3 heteroatoms. The molecule has 1 heterocycles. The van der Waals surface area contributed by atoms with Crippen LogP contribution in [0.25, 0.3) is 6.08 Å². The molecule has 0 unspecified atom stereocenters. The van der Waals surface area contributed by atoms with Crippen molar-refractivity contribution >= 4 is 11.8 Å². The largest absolute Gasteiger partial charge is 0.387 e. The normalized spacial score (nSPS) is 9.18. The molecule has 1 aromatic heterocycles. The molecule has 0 aliphatic carbocycles. The number of hydrogen-bond donors (Lipinski definition) is 2. The Morgan fingerprint density at radius 3 is 2.91 bits per heavy atom. The van der Waals surface area contributed by atoms with E-state index in [9.17, 15) is 4.79 Å². The lowest BCUT2D eigenvalue weighted by Crippen LogP contribution is -2.10. The number of rotatable bonds is 2. The zero-order valence-electron chi connectivity index (χ0n) is 6.35. The van der Waals surface area contributed by atoms with Gasteiger partial charge in [0.25, 0.3) is 5.56 Å². The number of pyridine rings is 1. The van der Waals surface area contributed by atoms with E-state index in [2.05, 4.69) is 16.9 Å². The Hall–Kier alpha value is -1.51. The molecule has 0 amide bonds. The van der Waals surface area contributed by atoms with Crippen molar-refractivity contribution in [3.8, 4) is 0 Å². The van der Waals surface area contributed by atoms with E-state index in [1.165, 1.54) is 6.08 Å². The van der Waals surface area contributed by atoms with Crippen molar-refractivity contribution in [3.05, 3.63) is 34.8 Å². The van der Waals surface area contributed by atoms with Crippen molar-refractivity contribution in [3.63, 3.8) is 0 Å². The summed E-state index contributed by atoms with van der Waals surface area (Å²) in [5.74, 6) is 0. The van der Waals surface area contributed by atoms with Gasteiger partial charge in [-0.3, -0.25) is 4.79 Å². The molecule has 0 aromatic carbocycles. The molecule has 11 heavy (non-hydrogen) atoms. The maximum Gasteiger partial charge on any atom is 0.257 e. The third kappa shape index (κ3) is 1.32. The second kappa shape index (κ2) is 3.05. The molecule has 0 aliphatic heterocycles. The Bertz CT molecular complexity index is 314. The van der Waals surface area contributed by atoms with Crippen LogP contribution in [0.4, 0.5) is 5.69 Å². The Balaban J connectivity index is 3.36. The molecular weight excluding hydrogens is 140 g/mol. The molecule has 1 rings (SSSR count). The molecule has 0 radical (unpaired) electrons. The summed E-state index contributed by atoms with van der Waals surface area (Å²) in [4.78, 5) is 13.6. The molecule has 2 N–H and O–H groups in total. The fraction of sp³-hybridized carbons (Fsp3) is 0.125. The molecule has 0 saturated heterocycles. The average molecular weight is 150 g/mol. The van der Waals surface area contributed by atoms with Crippen LogP contribution < -0.4 is 10.9 Å². The van der Waals surface area contributed by atoms with Crippen LogP contribution in [0, 0.1) is 0 Å². The van der Waals surface area contributed by atoms with Gasteiger partial charge in [0.1, 0.15) is 0 Å². The number of hydrogen-bond acceptors (Lipinski definition) is 2. The van der Waals surface area contributed by atoms with Crippen molar-refractivity contribution in [2.45, 2.75) is 0 Å². The van der Waals surface area contributed by atoms with E-state index in [0.717, 1.165) is 5.69 Å². The predicted molar refractivity (Wildman–Crippen MR) is 46.7 cm³/mol. The highest BCUT2D eigenvalue weighted by Gasteiger charge is 1.98. The summed E-state index contributed by atoms with van der Waals surface area (Å²) in [5, 5.41) is 2.90. The smallest absolute Gasteiger partial charge is 0.257 e. The molecule has 0 saturated carbocycles. The predicted octanol–water partition coefficient (Wildman–Crippen LogP) is 1.06. The third-order valence-electron chi connectivity index (χ3n) is 1.47. The van der Waals surface area contributed by atoms with E-state index in [1.807, 2.05) is 0 Å². The zero-order valence-corrected chi connectivity index (χ0v) is 6.35. The van der Waals surface area contributed by atoms with Gasteiger partial charge in [-0.1, -0.05) is 12.7 Å². The van der Waals surface area contributed by atoms with Crippen LogP contribution in [-0.2, 0) is 0 Å². The number of aromatic amines is 1. The van der Waals surface area contributed by atoms with Gasteiger partial charge in [-0.05, 0) is 6.07 Å². The average Bonchev–Trinajstić information content (AvgIpc) is 2.04. The van der Waals surface area contributed by atoms with E-state index < -0.39 is 0 Å². The van der Waals surface area contributed by atoms with Gasteiger partial charge in [0.15, 0.2) is 0 Å². The van der Waals surface area contributed by atoms with Crippen LogP contribution in [0.1, 0.15) is 5.56 Å². The number of H-pyrrole nitrogens is 1. The Morgan fingerprint density at radius 2 is 2.45 bits per heavy atom. The summed E-state index contributed by atoms with van der Waals surface area (Å²) in [6.45, 7) is 3.54. The number of aromatic nitrogens is 1. The van der Waals surface area contributed by atoms with Crippen LogP contribution in [0.3, 0.4) is 0 Å². The van der Waals surface area contributed by atoms with Crippen molar-refractivity contribution in [1.29, 1.82) is 0 Å². The van der Waals surface area contributed by atoms with Gasteiger partial charge in [0.05, 0.1) is 5.56 Å². The van der Waals surface area contributed by atoms with Crippen LogP contribution in [-0.4, -0.2) is 12.0 Å². The summed E-state index contributed by atoms with van der Waals surface area (Å²) < 4.78 is 0. The highest BCUT2D eigenvalue weighted by atomic mass is 16.1. The summed E-state index contributed by atoms with van der Waals surface area (Å²) in [6, 6.07) is 1.79. The Kier molecular flexibility index (Phi) is 2.11.